The van der Waals surface area contributed by atoms with E-state index >= 15 is 0 Å². The number of ether oxygens (including phenoxy) is 1. The summed E-state index contributed by atoms with van der Waals surface area (Å²) in [5, 5.41) is 6.64. The average molecular weight is 557 g/mol. The van der Waals surface area contributed by atoms with Crippen molar-refractivity contribution in [3.8, 4) is 5.75 Å². The summed E-state index contributed by atoms with van der Waals surface area (Å²) in [5.41, 5.74) is 3.11. The predicted molar refractivity (Wildman–Crippen MR) is 142 cm³/mol. The number of para-hydroxylation sites is 1. The van der Waals surface area contributed by atoms with Gasteiger partial charge in [0.25, 0.3) is 11.8 Å². The quantitative estimate of drug-likeness (QED) is 0.348. The topological polar surface area (TPSA) is 79.8 Å². The van der Waals surface area contributed by atoms with Crippen LogP contribution in [0, 0.1) is 6.92 Å². The van der Waals surface area contributed by atoms with Crippen molar-refractivity contribution in [3.05, 3.63) is 92.3 Å². The number of hydrogen-bond donors (Lipinski definition) is 2. The lowest BCUT2D eigenvalue weighted by molar-refractivity contribution is -0.118. The van der Waals surface area contributed by atoms with Gasteiger partial charge in [0.1, 0.15) is 5.75 Å². The predicted octanol–water partition coefficient (Wildman–Crippen LogP) is 6.32. The number of carbonyl (C=O) groups is 2. The molecule has 1 aliphatic heterocycles. The molecule has 1 saturated heterocycles. The maximum atomic E-state index is 12.3. The Morgan fingerprint density at radius 1 is 1.18 bits per heavy atom. The summed E-state index contributed by atoms with van der Waals surface area (Å²) in [4.78, 5) is 29.5. The highest BCUT2D eigenvalue weighted by Gasteiger charge is 2.23. The molecule has 0 unspecified atom stereocenters. The highest BCUT2D eigenvalue weighted by molar-refractivity contribution is 9.10. The van der Waals surface area contributed by atoms with Gasteiger partial charge in [-0.1, -0.05) is 41.9 Å². The van der Waals surface area contributed by atoms with E-state index in [9.17, 15) is 9.59 Å². The molecule has 9 heteroatoms. The Morgan fingerprint density at radius 2 is 1.97 bits per heavy atom. The maximum absolute atomic E-state index is 12.3. The third kappa shape index (κ3) is 6.28. The Labute approximate surface area is 214 Å². The number of benzene rings is 3. The van der Waals surface area contributed by atoms with Crippen molar-refractivity contribution in [1.82, 2.24) is 5.32 Å². The highest BCUT2D eigenvalue weighted by Crippen LogP contribution is 2.31. The SMILES string of the molecule is Cc1ccc(NC(=O)COc2ccc(/C=C3\SC(=Nc4ccccc4)NC3=O)cc2Br)cc1Cl. The summed E-state index contributed by atoms with van der Waals surface area (Å²) < 4.78 is 6.30. The summed E-state index contributed by atoms with van der Waals surface area (Å²) in [6.45, 7) is 1.73. The summed E-state index contributed by atoms with van der Waals surface area (Å²) in [7, 11) is 0. The molecule has 3 aromatic rings. The van der Waals surface area contributed by atoms with Crippen LogP contribution in [0.1, 0.15) is 11.1 Å². The zero-order valence-corrected chi connectivity index (χ0v) is 21.1. The molecule has 0 bridgehead atoms. The number of hydrogen-bond acceptors (Lipinski definition) is 5. The number of carbonyl (C=O) groups excluding carboxylic acids is 2. The van der Waals surface area contributed by atoms with Crippen LogP contribution in [0.3, 0.4) is 0 Å². The van der Waals surface area contributed by atoms with Crippen molar-refractivity contribution in [3.63, 3.8) is 0 Å². The van der Waals surface area contributed by atoms with Crippen LogP contribution in [0.25, 0.3) is 6.08 Å². The molecular formula is C25H19BrClN3O3S. The number of amidine groups is 1. The molecule has 1 fully saturated rings. The first-order valence-electron chi connectivity index (χ1n) is 10.2. The molecule has 6 nitrogen and oxygen atoms in total. The normalized spacial score (nSPS) is 15.4. The highest BCUT2D eigenvalue weighted by atomic mass is 79.9. The minimum atomic E-state index is -0.303. The Morgan fingerprint density at radius 3 is 2.71 bits per heavy atom. The van der Waals surface area contributed by atoms with Crippen molar-refractivity contribution in [2.24, 2.45) is 4.99 Å². The second-order valence-corrected chi connectivity index (χ2v) is 9.60. The van der Waals surface area contributed by atoms with Crippen LogP contribution in [-0.2, 0) is 9.59 Å². The van der Waals surface area contributed by atoms with Crippen molar-refractivity contribution in [2.75, 3.05) is 11.9 Å². The standard InChI is InChI=1S/C25H19BrClN3O3S/c1-15-7-9-18(13-20(15)27)28-23(31)14-33-21-10-8-16(11-19(21)26)12-22-24(32)30-25(34-22)29-17-5-3-2-4-6-17/h2-13H,14H2,1H3,(H,28,31)(H,29,30,32)/b22-12-. The first-order valence-corrected chi connectivity index (χ1v) is 12.2. The number of aryl methyl sites for hydroxylation is 1. The lowest BCUT2D eigenvalue weighted by Gasteiger charge is -2.10. The Hall–Kier alpha value is -3.07. The number of anilines is 1. The van der Waals surface area contributed by atoms with Crippen LogP contribution in [-0.4, -0.2) is 23.6 Å². The summed E-state index contributed by atoms with van der Waals surface area (Å²) in [5.74, 6) is 0.000350. The smallest absolute Gasteiger partial charge is 0.264 e. The zero-order valence-electron chi connectivity index (χ0n) is 18.0. The Kier molecular flexibility index (Phi) is 7.72. The van der Waals surface area contributed by atoms with E-state index in [1.54, 1.807) is 24.3 Å². The minimum Gasteiger partial charge on any atom is -0.483 e. The lowest BCUT2D eigenvalue weighted by atomic mass is 10.2. The van der Waals surface area contributed by atoms with E-state index in [1.807, 2.05) is 55.5 Å². The molecule has 0 aromatic heterocycles. The lowest BCUT2D eigenvalue weighted by Crippen LogP contribution is -2.20. The van der Waals surface area contributed by atoms with E-state index in [2.05, 4.69) is 31.6 Å². The fraction of sp³-hybridized carbons (Fsp3) is 0.0800. The van der Waals surface area contributed by atoms with Gasteiger partial charge in [-0.05, 0) is 88.2 Å². The summed E-state index contributed by atoms with van der Waals surface area (Å²) in [6.07, 6.45) is 1.77. The molecule has 3 aromatic carbocycles. The zero-order chi connectivity index (χ0) is 24.1. The maximum Gasteiger partial charge on any atom is 0.264 e. The van der Waals surface area contributed by atoms with Gasteiger partial charge in [-0.25, -0.2) is 4.99 Å². The molecule has 34 heavy (non-hydrogen) atoms. The largest absolute Gasteiger partial charge is 0.483 e. The summed E-state index contributed by atoms with van der Waals surface area (Å²) in [6, 6.07) is 20.1. The monoisotopic (exact) mass is 555 g/mol. The van der Waals surface area contributed by atoms with Gasteiger partial charge in [0.05, 0.1) is 15.1 Å². The van der Waals surface area contributed by atoms with Gasteiger partial charge < -0.3 is 15.4 Å². The molecule has 0 atom stereocenters. The van der Waals surface area contributed by atoms with Gasteiger partial charge in [0.2, 0.25) is 0 Å². The van der Waals surface area contributed by atoms with Crippen LogP contribution in [0.2, 0.25) is 5.02 Å². The van der Waals surface area contributed by atoms with Gasteiger partial charge >= 0.3 is 0 Å². The minimum absolute atomic E-state index is 0.165. The third-order valence-corrected chi connectivity index (χ3v) is 6.64. The van der Waals surface area contributed by atoms with Gasteiger partial charge in [0.15, 0.2) is 11.8 Å². The van der Waals surface area contributed by atoms with E-state index in [1.165, 1.54) is 11.8 Å². The molecule has 4 rings (SSSR count). The molecule has 0 aliphatic carbocycles. The number of thioether (sulfide) groups is 1. The van der Waals surface area contributed by atoms with Crippen molar-refractivity contribution >= 4 is 73.7 Å². The van der Waals surface area contributed by atoms with E-state index in [0.717, 1.165) is 16.8 Å². The fourth-order valence-electron chi connectivity index (χ4n) is 2.99. The molecule has 0 radical (unpaired) electrons. The van der Waals surface area contributed by atoms with Gasteiger partial charge in [0, 0.05) is 10.7 Å². The van der Waals surface area contributed by atoms with Crippen molar-refractivity contribution in [1.29, 1.82) is 0 Å². The number of nitrogens with zero attached hydrogens (tertiary/aromatic N) is 1. The van der Waals surface area contributed by atoms with E-state index in [0.29, 0.717) is 31.0 Å². The van der Waals surface area contributed by atoms with Crippen LogP contribution >= 0.6 is 39.3 Å². The average Bonchev–Trinajstić information content (AvgIpc) is 3.14. The molecule has 172 valence electrons. The van der Waals surface area contributed by atoms with E-state index < -0.39 is 0 Å². The van der Waals surface area contributed by atoms with E-state index in [4.69, 9.17) is 16.3 Å². The number of rotatable bonds is 6. The third-order valence-electron chi connectivity index (χ3n) is 4.71. The van der Waals surface area contributed by atoms with Crippen LogP contribution in [0.4, 0.5) is 11.4 Å². The molecule has 0 saturated carbocycles. The van der Waals surface area contributed by atoms with E-state index in [-0.39, 0.29) is 18.4 Å². The Balaban J connectivity index is 1.37. The molecular weight excluding hydrogens is 538 g/mol. The number of halogens is 2. The van der Waals surface area contributed by atoms with Crippen LogP contribution in [0.15, 0.2) is 81.1 Å². The molecule has 2 N–H and O–H groups in total. The van der Waals surface area contributed by atoms with Crippen LogP contribution in [0.5, 0.6) is 5.75 Å². The second kappa shape index (κ2) is 10.9. The molecule has 0 spiro atoms. The first-order chi connectivity index (χ1) is 16.4. The number of amides is 2. The molecule has 2 amide bonds. The number of aliphatic imine (C=N–C) groups is 1. The van der Waals surface area contributed by atoms with Gasteiger partial charge in [-0.2, -0.15) is 0 Å². The van der Waals surface area contributed by atoms with Crippen LogP contribution < -0.4 is 15.4 Å². The van der Waals surface area contributed by atoms with Crippen molar-refractivity contribution < 1.29 is 14.3 Å². The fourth-order valence-corrected chi connectivity index (χ4v) is 4.52. The molecule has 1 aliphatic rings. The van der Waals surface area contributed by atoms with Gasteiger partial charge in [-0.15, -0.1) is 0 Å². The summed E-state index contributed by atoms with van der Waals surface area (Å²) >= 11 is 10.8. The van der Waals surface area contributed by atoms with Crippen molar-refractivity contribution in [2.45, 2.75) is 6.92 Å². The second-order valence-electron chi connectivity index (χ2n) is 7.31. The number of nitrogens with one attached hydrogen (secondary N) is 2. The van der Waals surface area contributed by atoms with Gasteiger partial charge in [-0.3, -0.25) is 9.59 Å². The first kappa shape index (κ1) is 24.1. The molecule has 1 heterocycles. The Bertz CT molecular complexity index is 1310.